The first-order valence-electron chi connectivity index (χ1n) is 4.74. The van der Waals surface area contributed by atoms with Gasteiger partial charge < -0.3 is 15.2 Å². The van der Waals surface area contributed by atoms with Gasteiger partial charge in [0.15, 0.2) is 0 Å². The fourth-order valence-corrected chi connectivity index (χ4v) is 1.25. The number of aliphatic hydroxyl groups excluding tert-OH is 1. The summed E-state index contributed by atoms with van der Waals surface area (Å²) in [6.07, 6.45) is 4.52. The number of ether oxygens (including phenoxy) is 1. The molecule has 1 atom stereocenters. The van der Waals surface area contributed by atoms with E-state index in [4.69, 9.17) is 11.2 Å². The van der Waals surface area contributed by atoms with E-state index in [0.29, 0.717) is 13.1 Å². The minimum atomic E-state index is -0.562. The molecule has 1 rings (SSSR count). The Kier molecular flexibility index (Phi) is 4.69. The molecule has 1 unspecified atom stereocenters. The Morgan fingerprint density at radius 3 is 3.07 bits per heavy atom. The molecule has 0 saturated heterocycles. The Morgan fingerprint density at radius 1 is 1.60 bits per heavy atom. The monoisotopic (exact) mass is 205 g/mol. The smallest absolute Gasteiger partial charge is 0.119 e. The number of rotatable bonds is 5. The SMILES string of the molecule is C#CCNCC(O)c1cccc(OC)c1. The zero-order valence-electron chi connectivity index (χ0n) is 8.73. The third-order valence-electron chi connectivity index (χ3n) is 2.04. The number of benzene rings is 1. The predicted octanol–water partition coefficient (Wildman–Crippen LogP) is 0.951. The summed E-state index contributed by atoms with van der Waals surface area (Å²) >= 11 is 0. The van der Waals surface area contributed by atoms with Crippen LogP contribution in [0.3, 0.4) is 0 Å². The van der Waals surface area contributed by atoms with E-state index in [1.807, 2.05) is 24.3 Å². The van der Waals surface area contributed by atoms with E-state index in [9.17, 15) is 5.11 Å². The summed E-state index contributed by atoms with van der Waals surface area (Å²) in [4.78, 5) is 0. The Labute approximate surface area is 90.1 Å². The maximum Gasteiger partial charge on any atom is 0.119 e. The molecule has 0 spiro atoms. The molecule has 15 heavy (non-hydrogen) atoms. The fourth-order valence-electron chi connectivity index (χ4n) is 1.25. The van der Waals surface area contributed by atoms with E-state index in [1.165, 1.54) is 0 Å². The largest absolute Gasteiger partial charge is 0.497 e. The van der Waals surface area contributed by atoms with Crippen LogP contribution >= 0.6 is 0 Å². The van der Waals surface area contributed by atoms with E-state index in [1.54, 1.807) is 7.11 Å². The van der Waals surface area contributed by atoms with Crippen molar-refractivity contribution in [2.45, 2.75) is 6.10 Å². The Morgan fingerprint density at radius 2 is 2.40 bits per heavy atom. The van der Waals surface area contributed by atoms with Gasteiger partial charge in [-0.1, -0.05) is 18.1 Å². The maximum atomic E-state index is 9.78. The van der Waals surface area contributed by atoms with E-state index >= 15 is 0 Å². The highest BCUT2D eigenvalue weighted by Gasteiger charge is 2.06. The number of methoxy groups -OCH3 is 1. The van der Waals surface area contributed by atoms with Gasteiger partial charge in [0.2, 0.25) is 0 Å². The van der Waals surface area contributed by atoms with Crippen molar-refractivity contribution in [3.63, 3.8) is 0 Å². The molecule has 1 aromatic rings. The summed E-state index contributed by atoms with van der Waals surface area (Å²) in [7, 11) is 1.60. The van der Waals surface area contributed by atoms with Gasteiger partial charge >= 0.3 is 0 Å². The topological polar surface area (TPSA) is 41.5 Å². The van der Waals surface area contributed by atoms with Gasteiger partial charge in [0.1, 0.15) is 5.75 Å². The lowest BCUT2D eigenvalue weighted by Gasteiger charge is -2.11. The van der Waals surface area contributed by atoms with E-state index in [-0.39, 0.29) is 0 Å². The Bertz CT molecular complexity index is 344. The maximum absolute atomic E-state index is 9.78. The molecular formula is C12H15NO2. The van der Waals surface area contributed by atoms with Crippen molar-refractivity contribution in [3.05, 3.63) is 29.8 Å². The Balaban J connectivity index is 2.57. The minimum absolute atomic E-state index is 0.442. The van der Waals surface area contributed by atoms with Gasteiger partial charge in [0, 0.05) is 6.54 Å². The highest BCUT2D eigenvalue weighted by atomic mass is 16.5. The number of hydrogen-bond donors (Lipinski definition) is 2. The number of terminal acetylenes is 1. The zero-order chi connectivity index (χ0) is 11.1. The summed E-state index contributed by atoms with van der Waals surface area (Å²) in [6.45, 7) is 0.901. The van der Waals surface area contributed by atoms with Crippen LogP contribution < -0.4 is 10.1 Å². The zero-order valence-corrected chi connectivity index (χ0v) is 8.73. The van der Waals surface area contributed by atoms with E-state index in [2.05, 4.69) is 11.2 Å². The first-order chi connectivity index (χ1) is 7.27. The van der Waals surface area contributed by atoms with Crippen molar-refractivity contribution >= 4 is 0 Å². The minimum Gasteiger partial charge on any atom is -0.497 e. The van der Waals surface area contributed by atoms with Crippen LogP contribution in [0.5, 0.6) is 5.75 Å². The molecule has 0 amide bonds. The highest BCUT2D eigenvalue weighted by Crippen LogP contribution is 2.18. The second-order valence-corrected chi connectivity index (χ2v) is 3.13. The van der Waals surface area contributed by atoms with Crippen molar-refractivity contribution in [2.24, 2.45) is 0 Å². The van der Waals surface area contributed by atoms with E-state index < -0.39 is 6.10 Å². The van der Waals surface area contributed by atoms with Crippen LogP contribution in [0.25, 0.3) is 0 Å². The molecule has 0 aromatic heterocycles. The van der Waals surface area contributed by atoms with Gasteiger partial charge in [0.25, 0.3) is 0 Å². The van der Waals surface area contributed by atoms with Gasteiger partial charge in [-0.2, -0.15) is 0 Å². The van der Waals surface area contributed by atoms with Crippen molar-refractivity contribution < 1.29 is 9.84 Å². The molecule has 0 aliphatic carbocycles. The Hall–Kier alpha value is -1.50. The lowest BCUT2D eigenvalue weighted by molar-refractivity contribution is 0.176. The van der Waals surface area contributed by atoms with Crippen molar-refractivity contribution in [3.8, 4) is 18.1 Å². The lowest BCUT2D eigenvalue weighted by Crippen LogP contribution is -2.21. The molecule has 0 radical (unpaired) electrons. The van der Waals surface area contributed by atoms with Crippen LogP contribution in [0.4, 0.5) is 0 Å². The molecule has 0 saturated carbocycles. The van der Waals surface area contributed by atoms with Crippen molar-refractivity contribution in [2.75, 3.05) is 20.2 Å². The van der Waals surface area contributed by atoms with Gasteiger partial charge in [-0.25, -0.2) is 0 Å². The molecule has 3 nitrogen and oxygen atoms in total. The average Bonchev–Trinajstić information content (AvgIpc) is 2.29. The van der Waals surface area contributed by atoms with Gasteiger partial charge in [-0.05, 0) is 17.7 Å². The van der Waals surface area contributed by atoms with Crippen LogP contribution in [-0.2, 0) is 0 Å². The lowest BCUT2D eigenvalue weighted by atomic mass is 10.1. The molecule has 0 aliphatic rings. The standard InChI is InChI=1S/C12H15NO2/c1-3-7-13-9-12(14)10-5-4-6-11(8-10)15-2/h1,4-6,8,12-14H,7,9H2,2H3. The predicted molar refractivity (Wildman–Crippen MR) is 59.7 cm³/mol. The molecule has 0 aliphatic heterocycles. The summed E-state index contributed by atoms with van der Waals surface area (Å²) < 4.78 is 5.07. The van der Waals surface area contributed by atoms with Gasteiger partial charge in [0.05, 0.1) is 19.8 Å². The van der Waals surface area contributed by atoms with Crippen LogP contribution in [-0.4, -0.2) is 25.3 Å². The van der Waals surface area contributed by atoms with Crippen molar-refractivity contribution in [1.29, 1.82) is 0 Å². The second kappa shape index (κ2) is 6.07. The first-order valence-corrected chi connectivity index (χ1v) is 4.74. The number of aliphatic hydroxyl groups is 1. The van der Waals surface area contributed by atoms with Crippen LogP contribution in [0.15, 0.2) is 24.3 Å². The molecule has 80 valence electrons. The van der Waals surface area contributed by atoms with Crippen LogP contribution in [0.1, 0.15) is 11.7 Å². The van der Waals surface area contributed by atoms with Crippen LogP contribution in [0.2, 0.25) is 0 Å². The van der Waals surface area contributed by atoms with Crippen molar-refractivity contribution in [1.82, 2.24) is 5.32 Å². The summed E-state index contributed by atoms with van der Waals surface area (Å²) in [6, 6.07) is 7.34. The molecule has 0 heterocycles. The fraction of sp³-hybridized carbons (Fsp3) is 0.333. The van der Waals surface area contributed by atoms with Gasteiger partial charge in [-0.15, -0.1) is 6.42 Å². The van der Waals surface area contributed by atoms with Crippen LogP contribution in [0, 0.1) is 12.3 Å². The molecule has 3 heteroatoms. The number of hydrogen-bond acceptors (Lipinski definition) is 3. The average molecular weight is 205 g/mol. The summed E-state index contributed by atoms with van der Waals surface area (Å²) in [5.74, 6) is 3.19. The van der Waals surface area contributed by atoms with Gasteiger partial charge in [-0.3, -0.25) is 0 Å². The summed E-state index contributed by atoms with van der Waals surface area (Å²) in [5, 5.41) is 12.7. The number of nitrogens with one attached hydrogen (secondary N) is 1. The third-order valence-corrected chi connectivity index (χ3v) is 2.04. The second-order valence-electron chi connectivity index (χ2n) is 3.13. The molecule has 2 N–H and O–H groups in total. The third kappa shape index (κ3) is 3.62. The normalized spacial score (nSPS) is 11.8. The highest BCUT2D eigenvalue weighted by molar-refractivity contribution is 5.29. The molecular weight excluding hydrogens is 190 g/mol. The molecule has 0 bridgehead atoms. The first kappa shape index (κ1) is 11.6. The quantitative estimate of drug-likeness (QED) is 0.555. The van der Waals surface area contributed by atoms with E-state index in [0.717, 1.165) is 11.3 Å². The molecule has 0 fully saturated rings. The summed E-state index contributed by atoms with van der Waals surface area (Å²) in [5.41, 5.74) is 0.818. The molecule has 1 aromatic carbocycles.